The standard InChI is InChI=1S/C32H34N10/c1-20-13-29(36-30-14-21(2)38-39-30)37-32(35-20)24-7-10-31(33-16-24)40-18-26-15-27(19-40)41(26)17-22-3-8-25(9-4-22)42-28(11-12-34-42)23-5-6-23/h3-4,7-14,16,23,26-27H,5-6,15,17-19H2,1-2H3,(H2,35,36,37,38,39). The SMILES string of the molecule is Cc1cc(Nc2cc(C)[nH]n2)nc(-c2ccc(N3CC4CC(C3)N4Cc3ccc(-n4nccc4C4CC4)cc3)nc2)n1. The van der Waals surface area contributed by atoms with Gasteiger partial charge in [-0.1, -0.05) is 12.1 Å². The van der Waals surface area contributed by atoms with Crippen LogP contribution in [0.15, 0.2) is 67.0 Å². The number of fused-ring (bicyclic) bond motifs is 2. The van der Waals surface area contributed by atoms with Crippen LogP contribution in [-0.2, 0) is 6.54 Å². The fourth-order valence-electron chi connectivity index (χ4n) is 6.38. The van der Waals surface area contributed by atoms with Gasteiger partial charge in [0.1, 0.15) is 11.6 Å². The molecule has 4 aliphatic rings. The molecule has 3 saturated heterocycles. The van der Waals surface area contributed by atoms with Crippen molar-refractivity contribution in [1.29, 1.82) is 0 Å². The Morgan fingerprint density at radius 1 is 0.929 bits per heavy atom. The van der Waals surface area contributed by atoms with Gasteiger partial charge in [-0.2, -0.15) is 10.2 Å². The van der Waals surface area contributed by atoms with E-state index in [1.807, 2.05) is 38.4 Å². The van der Waals surface area contributed by atoms with E-state index in [4.69, 9.17) is 9.97 Å². The van der Waals surface area contributed by atoms with Crippen LogP contribution in [0.3, 0.4) is 0 Å². The van der Waals surface area contributed by atoms with Crippen LogP contribution in [0.2, 0.25) is 0 Å². The van der Waals surface area contributed by atoms with E-state index in [2.05, 4.69) is 82.5 Å². The highest BCUT2D eigenvalue weighted by Gasteiger charge is 2.44. The minimum absolute atomic E-state index is 0.553. The van der Waals surface area contributed by atoms with Crippen molar-refractivity contribution < 1.29 is 0 Å². The smallest absolute Gasteiger partial charge is 0.163 e. The minimum Gasteiger partial charge on any atom is -0.353 e. The van der Waals surface area contributed by atoms with E-state index in [0.717, 1.165) is 53.9 Å². The molecule has 2 bridgehead atoms. The second-order valence-corrected chi connectivity index (χ2v) is 11.9. The summed E-state index contributed by atoms with van der Waals surface area (Å²) in [6, 6.07) is 20.3. The van der Waals surface area contributed by atoms with Gasteiger partial charge in [-0.05, 0) is 69.0 Å². The van der Waals surface area contributed by atoms with Gasteiger partial charge in [0.15, 0.2) is 11.6 Å². The first-order chi connectivity index (χ1) is 20.6. The molecule has 1 saturated carbocycles. The number of piperidine rings is 1. The van der Waals surface area contributed by atoms with Crippen LogP contribution in [0.25, 0.3) is 17.1 Å². The van der Waals surface area contributed by atoms with Crippen molar-refractivity contribution in [1.82, 2.24) is 39.8 Å². The van der Waals surface area contributed by atoms with E-state index in [9.17, 15) is 0 Å². The summed E-state index contributed by atoms with van der Waals surface area (Å²) in [7, 11) is 0. The molecule has 10 heteroatoms. The molecule has 2 N–H and O–H groups in total. The largest absolute Gasteiger partial charge is 0.353 e. The van der Waals surface area contributed by atoms with Crippen molar-refractivity contribution in [2.24, 2.45) is 0 Å². The third-order valence-corrected chi connectivity index (χ3v) is 8.70. The molecule has 42 heavy (non-hydrogen) atoms. The Labute approximate surface area is 244 Å². The maximum atomic E-state index is 4.83. The quantitative estimate of drug-likeness (QED) is 0.270. The molecular weight excluding hydrogens is 524 g/mol. The number of pyridine rings is 1. The lowest BCUT2D eigenvalue weighted by atomic mass is 9.86. The zero-order chi connectivity index (χ0) is 28.2. The Kier molecular flexibility index (Phi) is 6.03. The number of anilines is 3. The molecule has 1 aromatic carbocycles. The highest BCUT2D eigenvalue weighted by atomic mass is 15.4. The van der Waals surface area contributed by atoms with Gasteiger partial charge in [0.05, 0.1) is 5.69 Å². The number of nitrogens with zero attached hydrogens (tertiary/aromatic N) is 8. The number of hydrogen-bond acceptors (Lipinski definition) is 8. The maximum Gasteiger partial charge on any atom is 0.163 e. The molecular formula is C32H34N10. The average Bonchev–Trinajstić information content (AvgIpc) is 3.59. The van der Waals surface area contributed by atoms with Gasteiger partial charge in [0.25, 0.3) is 0 Å². The summed E-state index contributed by atoms with van der Waals surface area (Å²) in [4.78, 5) is 19.3. The molecule has 3 aliphatic heterocycles. The van der Waals surface area contributed by atoms with E-state index in [1.165, 1.54) is 30.5 Å². The Morgan fingerprint density at radius 2 is 1.76 bits per heavy atom. The van der Waals surface area contributed by atoms with Gasteiger partial charge in [-0.25, -0.2) is 19.6 Å². The Hall–Kier alpha value is -4.57. The zero-order valence-corrected chi connectivity index (χ0v) is 23.9. The minimum atomic E-state index is 0.553. The fourth-order valence-corrected chi connectivity index (χ4v) is 6.38. The monoisotopic (exact) mass is 558 g/mol. The molecule has 0 spiro atoms. The van der Waals surface area contributed by atoms with Crippen LogP contribution in [0.4, 0.5) is 17.5 Å². The second-order valence-electron chi connectivity index (χ2n) is 11.9. The summed E-state index contributed by atoms with van der Waals surface area (Å²) in [5.74, 6) is 3.80. The van der Waals surface area contributed by atoms with E-state index >= 15 is 0 Å². The second kappa shape index (κ2) is 10.1. The predicted molar refractivity (Wildman–Crippen MR) is 162 cm³/mol. The number of H-pyrrole nitrogens is 1. The molecule has 10 nitrogen and oxygen atoms in total. The summed E-state index contributed by atoms with van der Waals surface area (Å²) in [6.45, 7) is 6.92. The van der Waals surface area contributed by atoms with Crippen molar-refractivity contribution in [2.45, 2.75) is 57.7 Å². The van der Waals surface area contributed by atoms with Gasteiger partial charge in [-0.15, -0.1) is 0 Å². The lowest BCUT2D eigenvalue weighted by Crippen LogP contribution is -2.68. The van der Waals surface area contributed by atoms with Crippen LogP contribution in [0.1, 0.15) is 47.8 Å². The van der Waals surface area contributed by atoms with Gasteiger partial charge in [-0.3, -0.25) is 10.00 Å². The highest BCUT2D eigenvalue weighted by molar-refractivity contribution is 5.61. The van der Waals surface area contributed by atoms with Gasteiger partial charge in [0.2, 0.25) is 0 Å². The molecule has 0 radical (unpaired) electrons. The molecule has 4 aromatic heterocycles. The lowest BCUT2D eigenvalue weighted by Gasteiger charge is -2.56. The normalized spacial score (nSPS) is 20.0. The maximum absolute atomic E-state index is 4.83. The highest BCUT2D eigenvalue weighted by Crippen LogP contribution is 2.40. The first-order valence-electron chi connectivity index (χ1n) is 14.8. The summed E-state index contributed by atoms with van der Waals surface area (Å²) in [5, 5.41) is 15.0. The van der Waals surface area contributed by atoms with Gasteiger partial charge in [0, 0.05) is 84.8 Å². The van der Waals surface area contributed by atoms with Crippen molar-refractivity contribution in [3.8, 4) is 17.1 Å². The van der Waals surface area contributed by atoms with Crippen LogP contribution in [0.5, 0.6) is 0 Å². The molecule has 4 fully saturated rings. The third-order valence-electron chi connectivity index (χ3n) is 8.70. The van der Waals surface area contributed by atoms with Crippen LogP contribution >= 0.6 is 0 Å². The predicted octanol–water partition coefficient (Wildman–Crippen LogP) is 5.15. The van der Waals surface area contributed by atoms with E-state index < -0.39 is 0 Å². The number of nitrogens with one attached hydrogen (secondary N) is 2. The molecule has 5 aromatic rings. The van der Waals surface area contributed by atoms with Crippen LogP contribution in [-0.4, -0.2) is 65.0 Å². The topological polar surface area (TPSA) is 104 Å². The number of aryl methyl sites for hydroxylation is 2. The third kappa shape index (κ3) is 4.81. The van der Waals surface area contributed by atoms with Crippen LogP contribution in [0, 0.1) is 13.8 Å². The van der Waals surface area contributed by atoms with Crippen molar-refractivity contribution >= 4 is 17.5 Å². The number of rotatable bonds is 8. The molecule has 1 aliphatic carbocycles. The van der Waals surface area contributed by atoms with Crippen molar-refractivity contribution in [2.75, 3.05) is 23.3 Å². The number of piperazine rings is 1. The molecule has 2 unspecified atom stereocenters. The van der Waals surface area contributed by atoms with Gasteiger partial charge < -0.3 is 10.2 Å². The summed E-state index contributed by atoms with van der Waals surface area (Å²) in [6.07, 6.45) is 7.63. The molecule has 212 valence electrons. The molecule has 7 heterocycles. The van der Waals surface area contributed by atoms with E-state index in [1.54, 1.807) is 0 Å². The van der Waals surface area contributed by atoms with E-state index in [0.29, 0.717) is 29.6 Å². The number of aromatic nitrogens is 7. The molecule has 0 amide bonds. The fraction of sp³-hybridized carbons (Fsp3) is 0.344. The number of benzene rings is 1. The first kappa shape index (κ1) is 25.2. The lowest BCUT2D eigenvalue weighted by molar-refractivity contribution is -0.00867. The Balaban J connectivity index is 0.907. The Bertz CT molecular complexity index is 1710. The number of hydrogen-bond donors (Lipinski definition) is 2. The van der Waals surface area contributed by atoms with E-state index in [-0.39, 0.29) is 0 Å². The van der Waals surface area contributed by atoms with Crippen molar-refractivity contribution in [3.63, 3.8) is 0 Å². The summed E-state index contributed by atoms with van der Waals surface area (Å²) in [5.41, 5.74) is 6.63. The number of aromatic amines is 1. The average molecular weight is 559 g/mol. The summed E-state index contributed by atoms with van der Waals surface area (Å²) < 4.78 is 2.11. The molecule has 9 rings (SSSR count). The summed E-state index contributed by atoms with van der Waals surface area (Å²) >= 11 is 0. The zero-order valence-electron chi connectivity index (χ0n) is 23.9. The molecule has 2 atom stereocenters. The first-order valence-corrected chi connectivity index (χ1v) is 14.8. The van der Waals surface area contributed by atoms with Crippen molar-refractivity contribution in [3.05, 3.63) is 89.6 Å². The van der Waals surface area contributed by atoms with Gasteiger partial charge >= 0.3 is 0 Å². The van der Waals surface area contributed by atoms with Crippen LogP contribution < -0.4 is 10.2 Å². The Morgan fingerprint density at radius 3 is 2.48 bits per heavy atom.